The van der Waals surface area contributed by atoms with Gasteiger partial charge in [-0.15, -0.1) is 0 Å². The molecular formula is C20H33NO. The van der Waals surface area contributed by atoms with Crippen molar-refractivity contribution in [3.63, 3.8) is 0 Å². The van der Waals surface area contributed by atoms with E-state index in [0.717, 1.165) is 25.1 Å². The van der Waals surface area contributed by atoms with E-state index in [1.165, 1.54) is 42.4 Å². The van der Waals surface area contributed by atoms with Crippen LogP contribution in [0.15, 0.2) is 12.1 Å². The second kappa shape index (κ2) is 7.50. The van der Waals surface area contributed by atoms with E-state index in [1.54, 1.807) is 0 Å². The van der Waals surface area contributed by atoms with Crippen LogP contribution in [0.5, 0.6) is 5.75 Å². The molecule has 2 atom stereocenters. The Morgan fingerprint density at radius 2 is 1.95 bits per heavy atom. The Hall–Kier alpha value is -1.02. The van der Waals surface area contributed by atoms with Crippen molar-refractivity contribution in [3.8, 4) is 5.75 Å². The van der Waals surface area contributed by atoms with Crippen LogP contribution in [0.2, 0.25) is 0 Å². The van der Waals surface area contributed by atoms with Gasteiger partial charge in [0, 0.05) is 18.0 Å². The van der Waals surface area contributed by atoms with Gasteiger partial charge in [-0.05, 0) is 57.4 Å². The zero-order valence-corrected chi connectivity index (χ0v) is 15.1. The Bertz CT molecular complexity index is 497. The predicted molar refractivity (Wildman–Crippen MR) is 94.7 cm³/mol. The molecule has 0 aliphatic carbocycles. The third-order valence-corrected chi connectivity index (χ3v) is 5.00. The second-order valence-electron chi connectivity index (χ2n) is 7.17. The lowest BCUT2D eigenvalue weighted by molar-refractivity contribution is 0.0439. The number of hydrogen-bond acceptors (Lipinski definition) is 2. The van der Waals surface area contributed by atoms with Crippen LogP contribution in [0.3, 0.4) is 0 Å². The van der Waals surface area contributed by atoms with E-state index in [9.17, 15) is 0 Å². The van der Waals surface area contributed by atoms with Gasteiger partial charge in [-0.25, -0.2) is 0 Å². The number of fused-ring (bicyclic) bond motifs is 1. The smallest absolute Gasteiger partial charge is 0.125 e. The van der Waals surface area contributed by atoms with Crippen LogP contribution in [0.25, 0.3) is 0 Å². The Labute approximate surface area is 136 Å². The first-order chi connectivity index (χ1) is 10.5. The van der Waals surface area contributed by atoms with E-state index >= 15 is 0 Å². The van der Waals surface area contributed by atoms with Crippen LogP contribution in [0.4, 0.5) is 0 Å². The predicted octanol–water partition coefficient (Wildman–Crippen LogP) is 5.47. The molecule has 1 aliphatic heterocycles. The highest BCUT2D eigenvalue weighted by Crippen LogP contribution is 2.43. The fraction of sp³-hybridized carbons (Fsp3) is 0.700. The van der Waals surface area contributed by atoms with Gasteiger partial charge in [0.15, 0.2) is 0 Å². The summed E-state index contributed by atoms with van der Waals surface area (Å²) in [4.78, 5) is 0. The largest absolute Gasteiger partial charge is 0.487 e. The van der Waals surface area contributed by atoms with Gasteiger partial charge in [0.1, 0.15) is 11.4 Å². The summed E-state index contributed by atoms with van der Waals surface area (Å²) < 4.78 is 6.37. The van der Waals surface area contributed by atoms with Gasteiger partial charge in [0.2, 0.25) is 0 Å². The molecule has 2 nitrogen and oxygen atoms in total. The minimum atomic E-state index is -0.0473. The average molecular weight is 303 g/mol. The van der Waals surface area contributed by atoms with Crippen molar-refractivity contribution < 1.29 is 4.74 Å². The summed E-state index contributed by atoms with van der Waals surface area (Å²) in [6, 6.07) is 4.92. The van der Waals surface area contributed by atoms with Gasteiger partial charge in [-0.1, -0.05) is 39.2 Å². The fourth-order valence-electron chi connectivity index (χ4n) is 3.53. The van der Waals surface area contributed by atoms with Crippen LogP contribution in [-0.2, 0) is 0 Å². The molecule has 0 bridgehead atoms. The molecule has 22 heavy (non-hydrogen) atoms. The molecule has 2 rings (SSSR count). The molecule has 0 radical (unpaired) electrons. The third-order valence-electron chi connectivity index (χ3n) is 5.00. The summed E-state index contributed by atoms with van der Waals surface area (Å²) in [6.45, 7) is 12.2. The van der Waals surface area contributed by atoms with Crippen LogP contribution >= 0.6 is 0 Å². The zero-order valence-electron chi connectivity index (χ0n) is 15.1. The number of rotatable bonds is 7. The van der Waals surface area contributed by atoms with Crippen LogP contribution in [0.1, 0.15) is 82.0 Å². The fourth-order valence-corrected chi connectivity index (χ4v) is 3.53. The molecule has 0 fully saturated rings. The lowest BCUT2D eigenvalue weighted by Gasteiger charge is -2.41. The van der Waals surface area contributed by atoms with Gasteiger partial charge < -0.3 is 10.1 Å². The number of ether oxygens (including phenoxy) is 1. The van der Waals surface area contributed by atoms with Crippen molar-refractivity contribution in [2.75, 3.05) is 6.54 Å². The maximum atomic E-state index is 6.37. The summed E-state index contributed by atoms with van der Waals surface area (Å²) in [7, 11) is 0. The number of benzene rings is 1. The lowest BCUT2D eigenvalue weighted by Crippen LogP contribution is -2.42. The van der Waals surface area contributed by atoms with Crippen LogP contribution < -0.4 is 10.1 Å². The van der Waals surface area contributed by atoms with E-state index < -0.39 is 0 Å². The minimum Gasteiger partial charge on any atom is -0.487 e. The van der Waals surface area contributed by atoms with Crippen molar-refractivity contribution in [2.45, 2.75) is 84.8 Å². The molecule has 2 unspecified atom stereocenters. The molecule has 1 aromatic rings. The first-order valence-corrected chi connectivity index (χ1v) is 9.02. The van der Waals surface area contributed by atoms with Gasteiger partial charge in [0.05, 0.1) is 0 Å². The van der Waals surface area contributed by atoms with E-state index in [1.807, 2.05) is 0 Å². The highest BCUT2D eigenvalue weighted by Gasteiger charge is 2.36. The molecule has 0 spiro atoms. The Morgan fingerprint density at radius 1 is 1.18 bits per heavy atom. The topological polar surface area (TPSA) is 21.3 Å². The van der Waals surface area contributed by atoms with Crippen LogP contribution in [0, 0.1) is 13.8 Å². The highest BCUT2D eigenvalue weighted by molar-refractivity contribution is 5.47. The molecular weight excluding hydrogens is 270 g/mol. The van der Waals surface area contributed by atoms with Crippen LogP contribution in [-0.4, -0.2) is 12.1 Å². The minimum absolute atomic E-state index is 0.0473. The SMILES string of the molecule is CCCCCCNC1CC(C)(CC)Oc2cc(C)cc(C)c21. The molecule has 0 saturated carbocycles. The molecule has 1 N–H and O–H groups in total. The molecule has 1 aliphatic rings. The monoisotopic (exact) mass is 303 g/mol. The maximum absolute atomic E-state index is 6.37. The van der Waals surface area contributed by atoms with E-state index in [2.05, 4.69) is 52.1 Å². The normalized spacial score (nSPS) is 24.0. The van der Waals surface area contributed by atoms with E-state index in [-0.39, 0.29) is 5.60 Å². The van der Waals surface area contributed by atoms with Gasteiger partial charge in [-0.2, -0.15) is 0 Å². The van der Waals surface area contributed by atoms with Crippen molar-refractivity contribution in [1.29, 1.82) is 0 Å². The third kappa shape index (κ3) is 4.04. The molecule has 1 heterocycles. The summed E-state index contributed by atoms with van der Waals surface area (Å²) >= 11 is 0. The first kappa shape index (κ1) is 17.3. The Balaban J connectivity index is 2.15. The summed E-state index contributed by atoms with van der Waals surface area (Å²) in [5.41, 5.74) is 3.98. The Morgan fingerprint density at radius 3 is 2.64 bits per heavy atom. The zero-order chi connectivity index (χ0) is 16.2. The molecule has 0 saturated heterocycles. The summed E-state index contributed by atoms with van der Waals surface area (Å²) in [5, 5.41) is 3.81. The maximum Gasteiger partial charge on any atom is 0.125 e. The van der Waals surface area contributed by atoms with E-state index in [0.29, 0.717) is 6.04 Å². The van der Waals surface area contributed by atoms with Gasteiger partial charge in [0.25, 0.3) is 0 Å². The van der Waals surface area contributed by atoms with Gasteiger partial charge >= 0.3 is 0 Å². The summed E-state index contributed by atoms with van der Waals surface area (Å²) in [5.74, 6) is 1.10. The standard InChI is InChI=1S/C20H33NO/c1-6-8-9-10-11-21-17-14-20(5,7-2)22-18-13-15(3)12-16(4)19(17)18/h12-13,17,21H,6-11,14H2,1-5H3. The highest BCUT2D eigenvalue weighted by atomic mass is 16.5. The molecule has 124 valence electrons. The van der Waals surface area contributed by atoms with Crippen molar-refractivity contribution >= 4 is 0 Å². The second-order valence-corrected chi connectivity index (χ2v) is 7.17. The van der Waals surface area contributed by atoms with E-state index in [4.69, 9.17) is 4.74 Å². The number of hydrogen-bond donors (Lipinski definition) is 1. The quantitative estimate of drug-likeness (QED) is 0.675. The number of unbranched alkanes of at least 4 members (excludes halogenated alkanes) is 3. The van der Waals surface area contributed by atoms with Crippen molar-refractivity contribution in [1.82, 2.24) is 5.32 Å². The van der Waals surface area contributed by atoms with Gasteiger partial charge in [-0.3, -0.25) is 0 Å². The summed E-state index contributed by atoms with van der Waals surface area (Å²) in [6.07, 6.45) is 7.36. The molecule has 0 amide bonds. The lowest BCUT2D eigenvalue weighted by atomic mass is 9.84. The number of aryl methyl sites for hydroxylation is 2. The van der Waals surface area contributed by atoms with Crippen molar-refractivity contribution in [3.05, 3.63) is 28.8 Å². The molecule has 2 heteroatoms. The molecule has 0 aromatic heterocycles. The Kier molecular flexibility index (Phi) is 5.91. The van der Waals surface area contributed by atoms with Crippen molar-refractivity contribution in [2.24, 2.45) is 0 Å². The average Bonchev–Trinajstić information content (AvgIpc) is 2.45. The first-order valence-electron chi connectivity index (χ1n) is 9.02. The molecule has 1 aromatic carbocycles. The number of nitrogens with one attached hydrogen (secondary N) is 1.